The lowest BCUT2D eigenvalue weighted by Crippen LogP contribution is -2.74. The van der Waals surface area contributed by atoms with Crippen molar-refractivity contribution in [3.8, 4) is 27.9 Å². The summed E-state index contributed by atoms with van der Waals surface area (Å²) in [6.07, 6.45) is 0. The molecule has 3 heterocycles. The van der Waals surface area contributed by atoms with E-state index < -0.39 is 8.07 Å². The number of para-hydroxylation sites is 2. The third-order valence-corrected chi connectivity index (χ3v) is 19.2. The number of hydrogen-bond acceptors (Lipinski definition) is 2. The third-order valence-electron chi connectivity index (χ3n) is 13.3. The van der Waals surface area contributed by atoms with Crippen LogP contribution in [0.2, 0.25) is 0 Å². The topological polar surface area (TPSA) is 18.1 Å². The Kier molecular flexibility index (Phi) is 8.45. The molecule has 0 saturated carbocycles. The van der Waals surface area contributed by atoms with Crippen LogP contribution in [0.4, 0.5) is 0 Å². The van der Waals surface area contributed by atoms with E-state index in [-0.39, 0.29) is 0 Å². The minimum atomic E-state index is -3.08. The normalized spacial score (nSPS) is 12.1. The van der Waals surface area contributed by atoms with Crippen molar-refractivity contribution < 1.29 is 4.42 Å². The van der Waals surface area contributed by atoms with Crippen molar-refractivity contribution in [1.29, 1.82) is 0 Å². The Hall–Kier alpha value is -7.76. The Labute approximate surface area is 375 Å². The zero-order chi connectivity index (χ0) is 42.2. The number of rotatable bonds is 7. The van der Waals surface area contributed by atoms with Gasteiger partial charge in [-0.05, 0) is 68.3 Å². The highest BCUT2D eigenvalue weighted by molar-refractivity contribution is 7.26. The van der Waals surface area contributed by atoms with Gasteiger partial charge in [0.1, 0.15) is 11.2 Å². The zero-order valence-corrected chi connectivity index (χ0v) is 36.6. The Morgan fingerprint density at radius 1 is 0.359 bits per heavy atom. The van der Waals surface area contributed by atoms with Gasteiger partial charge in [0, 0.05) is 47.5 Å². The molecule has 0 radical (unpaired) electrons. The summed E-state index contributed by atoms with van der Waals surface area (Å²) in [5, 5.41) is 12.5. The van der Waals surface area contributed by atoms with E-state index in [0.29, 0.717) is 0 Å². The number of fused-ring (bicyclic) bond motifs is 10. The molecule has 0 aliphatic carbocycles. The smallest absolute Gasteiger partial charge is 0.179 e. The maximum atomic E-state index is 6.81. The molecule has 3 aromatic heterocycles. The largest absolute Gasteiger partial charge is 0.455 e. The second-order valence-electron chi connectivity index (χ2n) is 16.7. The first kappa shape index (κ1) is 36.9. The molecule has 0 spiro atoms. The Morgan fingerprint density at radius 3 is 1.56 bits per heavy atom. The molecule has 0 atom stereocenters. The van der Waals surface area contributed by atoms with Crippen LogP contribution in [-0.4, -0.2) is 12.6 Å². The second-order valence-corrected chi connectivity index (χ2v) is 21.6. The molecule has 0 aliphatic rings. The predicted molar refractivity (Wildman–Crippen MR) is 275 cm³/mol. The maximum absolute atomic E-state index is 6.81. The molecule has 64 heavy (non-hydrogen) atoms. The van der Waals surface area contributed by atoms with E-state index in [1.54, 1.807) is 0 Å². The van der Waals surface area contributed by atoms with Gasteiger partial charge in [0.15, 0.2) is 8.07 Å². The summed E-state index contributed by atoms with van der Waals surface area (Å²) < 4.78 is 12.0. The SMILES string of the molecule is c1ccc(-c2cc([Si](c3ccccc3)(c3ccccc3)c3ccc4c(c3)sc3ccccc34)cc(-c3ccccc3)c2-n2c3ccccc3c3c4oc5ccccc5c4ccc32)cc1. The van der Waals surface area contributed by atoms with Gasteiger partial charge in [-0.1, -0.05) is 200 Å². The lowest BCUT2D eigenvalue weighted by atomic mass is 9.95. The molecule has 0 bridgehead atoms. The van der Waals surface area contributed by atoms with Crippen LogP contribution in [0.15, 0.2) is 241 Å². The van der Waals surface area contributed by atoms with E-state index in [1.807, 2.05) is 11.3 Å². The molecule has 2 nitrogen and oxygen atoms in total. The molecule has 0 aliphatic heterocycles. The van der Waals surface area contributed by atoms with Gasteiger partial charge in [-0.25, -0.2) is 0 Å². The molecule has 0 amide bonds. The monoisotopic (exact) mass is 849 g/mol. The first-order chi connectivity index (χ1) is 31.8. The summed E-state index contributed by atoms with van der Waals surface area (Å²) in [6.45, 7) is 0. The van der Waals surface area contributed by atoms with Gasteiger partial charge in [-0.15, -0.1) is 11.3 Å². The molecule has 0 fully saturated rings. The van der Waals surface area contributed by atoms with Crippen molar-refractivity contribution in [2.24, 2.45) is 0 Å². The van der Waals surface area contributed by atoms with Gasteiger partial charge >= 0.3 is 0 Å². The van der Waals surface area contributed by atoms with Crippen molar-refractivity contribution in [3.05, 3.63) is 237 Å². The number of furan rings is 1. The van der Waals surface area contributed by atoms with Crippen LogP contribution in [0.5, 0.6) is 0 Å². The molecule has 13 aromatic rings. The molecule has 0 N–H and O–H groups in total. The van der Waals surface area contributed by atoms with E-state index in [4.69, 9.17) is 4.42 Å². The second kappa shape index (κ2) is 14.7. The molecule has 300 valence electrons. The number of aromatic nitrogens is 1. The van der Waals surface area contributed by atoms with Gasteiger partial charge < -0.3 is 8.98 Å². The zero-order valence-electron chi connectivity index (χ0n) is 34.8. The summed E-state index contributed by atoms with van der Waals surface area (Å²) in [5.74, 6) is 0. The van der Waals surface area contributed by atoms with E-state index in [2.05, 4.69) is 241 Å². The Balaban J connectivity index is 1.21. The summed E-state index contributed by atoms with van der Waals surface area (Å²) in [4.78, 5) is 0. The Morgan fingerprint density at radius 2 is 0.891 bits per heavy atom. The highest BCUT2D eigenvalue weighted by Gasteiger charge is 2.43. The van der Waals surface area contributed by atoms with Crippen LogP contribution in [0.3, 0.4) is 0 Å². The van der Waals surface area contributed by atoms with E-state index in [0.717, 1.165) is 60.6 Å². The quantitative estimate of drug-likeness (QED) is 0.115. The fraction of sp³-hybridized carbons (Fsp3) is 0. The van der Waals surface area contributed by atoms with Crippen molar-refractivity contribution in [1.82, 2.24) is 4.57 Å². The highest BCUT2D eigenvalue weighted by atomic mass is 32.1. The summed E-state index contributed by atoms with van der Waals surface area (Å²) in [6, 6.07) is 87.8. The molecule has 13 rings (SSSR count). The number of benzene rings is 10. The molecular weight excluding hydrogens is 811 g/mol. The summed E-state index contributed by atoms with van der Waals surface area (Å²) in [5.41, 5.74) is 9.89. The van der Waals surface area contributed by atoms with Gasteiger partial charge in [-0.3, -0.25) is 0 Å². The fourth-order valence-corrected chi connectivity index (χ4v) is 16.6. The van der Waals surface area contributed by atoms with Gasteiger partial charge in [-0.2, -0.15) is 0 Å². The molecule has 10 aromatic carbocycles. The predicted octanol–water partition coefficient (Wildman–Crippen LogP) is 13.8. The van der Waals surface area contributed by atoms with Crippen LogP contribution in [0, 0.1) is 0 Å². The van der Waals surface area contributed by atoms with Crippen LogP contribution in [0.25, 0.3) is 91.9 Å². The average Bonchev–Trinajstić information content (AvgIpc) is 4.05. The molecule has 0 saturated heterocycles. The fourth-order valence-electron chi connectivity index (χ4n) is 10.6. The molecule has 0 unspecified atom stereocenters. The van der Waals surface area contributed by atoms with Crippen LogP contribution < -0.4 is 20.7 Å². The maximum Gasteiger partial charge on any atom is 0.179 e. The third kappa shape index (κ3) is 5.50. The lowest BCUT2D eigenvalue weighted by molar-refractivity contribution is 0.673. The van der Waals surface area contributed by atoms with Crippen molar-refractivity contribution in [2.45, 2.75) is 0 Å². The average molecular weight is 850 g/mol. The van der Waals surface area contributed by atoms with E-state index in [9.17, 15) is 0 Å². The minimum Gasteiger partial charge on any atom is -0.455 e. The molecular formula is C60H39NOSSi. The van der Waals surface area contributed by atoms with Crippen LogP contribution >= 0.6 is 11.3 Å². The standard InChI is InChI=1S/C60H39NOSSi/c1-5-19-40(20-6-1)51-37-45(64(42-23-9-3-10-24-42,43-25-11-4-12-26-43)44-33-34-48-47-28-15-18-32-56(47)63-57(48)39-44)38-52(41-21-7-2-8-22-41)59(51)61-53-30-16-13-29-50(53)58-54(61)36-35-49-46-27-14-17-31-55(46)62-60(49)58/h1-39H. The highest BCUT2D eigenvalue weighted by Crippen LogP contribution is 2.45. The van der Waals surface area contributed by atoms with Gasteiger partial charge in [0.05, 0.1) is 22.1 Å². The van der Waals surface area contributed by atoms with Crippen molar-refractivity contribution in [2.75, 3.05) is 0 Å². The minimum absolute atomic E-state index is 0.901. The Bertz CT molecular complexity index is 3790. The number of thiophene rings is 1. The van der Waals surface area contributed by atoms with Crippen molar-refractivity contribution >= 4 is 104 Å². The lowest BCUT2D eigenvalue weighted by Gasteiger charge is -2.36. The van der Waals surface area contributed by atoms with Crippen LogP contribution in [0.1, 0.15) is 0 Å². The van der Waals surface area contributed by atoms with E-state index >= 15 is 0 Å². The summed E-state index contributed by atoms with van der Waals surface area (Å²) >= 11 is 1.89. The van der Waals surface area contributed by atoms with Crippen molar-refractivity contribution in [3.63, 3.8) is 0 Å². The van der Waals surface area contributed by atoms with Gasteiger partial charge in [0.2, 0.25) is 0 Å². The first-order valence-electron chi connectivity index (χ1n) is 21.9. The molecule has 4 heteroatoms. The summed E-state index contributed by atoms with van der Waals surface area (Å²) in [7, 11) is -3.08. The number of hydrogen-bond donors (Lipinski definition) is 0. The van der Waals surface area contributed by atoms with Gasteiger partial charge in [0.25, 0.3) is 0 Å². The van der Waals surface area contributed by atoms with E-state index in [1.165, 1.54) is 52.0 Å². The first-order valence-corrected chi connectivity index (χ1v) is 24.7. The van der Waals surface area contributed by atoms with Crippen LogP contribution in [-0.2, 0) is 0 Å². The number of nitrogens with zero attached hydrogens (tertiary/aromatic N) is 1.